The van der Waals surface area contributed by atoms with Gasteiger partial charge < -0.3 is 20.7 Å². The maximum atomic E-state index is 11.9. The highest BCUT2D eigenvalue weighted by Gasteiger charge is 2.17. The fourth-order valence-corrected chi connectivity index (χ4v) is 2.54. The molecule has 1 unspecified atom stereocenters. The summed E-state index contributed by atoms with van der Waals surface area (Å²) in [6.07, 6.45) is 2.17. The summed E-state index contributed by atoms with van der Waals surface area (Å²) in [5, 5.41) is 2.96. The predicted molar refractivity (Wildman–Crippen MR) is 80.6 cm³/mol. The molecule has 1 amide bonds. The summed E-state index contributed by atoms with van der Waals surface area (Å²) in [5.74, 6) is 0.0879. The average Bonchev–Trinajstić information content (AvgIpc) is 2.62. The van der Waals surface area contributed by atoms with Crippen molar-refractivity contribution in [3.8, 4) is 0 Å². The van der Waals surface area contributed by atoms with Gasteiger partial charge in [0, 0.05) is 26.2 Å². The van der Waals surface area contributed by atoms with E-state index in [0.29, 0.717) is 13.2 Å². The molecular formula is C14H30N4O2. The summed E-state index contributed by atoms with van der Waals surface area (Å²) in [7, 11) is 1.65. The van der Waals surface area contributed by atoms with Gasteiger partial charge in [0.2, 0.25) is 5.91 Å². The highest BCUT2D eigenvalue weighted by molar-refractivity contribution is 5.78. The van der Waals surface area contributed by atoms with Crippen LogP contribution in [0.15, 0.2) is 0 Å². The van der Waals surface area contributed by atoms with Crippen LogP contribution in [0.4, 0.5) is 0 Å². The number of carbonyl (C=O) groups is 1. The molecule has 3 N–H and O–H groups in total. The summed E-state index contributed by atoms with van der Waals surface area (Å²) in [4.78, 5) is 16.6. The summed E-state index contributed by atoms with van der Waals surface area (Å²) < 4.78 is 5.02. The lowest BCUT2D eigenvalue weighted by molar-refractivity contribution is -0.123. The predicted octanol–water partition coefficient (Wildman–Crippen LogP) is -0.506. The van der Waals surface area contributed by atoms with Gasteiger partial charge >= 0.3 is 0 Å². The van der Waals surface area contributed by atoms with Crippen LogP contribution < -0.4 is 11.1 Å². The Hall–Kier alpha value is -0.690. The molecule has 0 spiro atoms. The van der Waals surface area contributed by atoms with E-state index in [0.717, 1.165) is 52.1 Å². The van der Waals surface area contributed by atoms with E-state index >= 15 is 0 Å². The fraction of sp³-hybridized carbons (Fsp3) is 0.929. The third-order valence-electron chi connectivity index (χ3n) is 3.55. The molecule has 0 bridgehead atoms. The Kier molecular flexibility index (Phi) is 8.77. The Morgan fingerprint density at radius 2 is 2.00 bits per heavy atom. The maximum absolute atomic E-state index is 11.9. The molecule has 0 aromatic carbocycles. The Bertz CT molecular complexity index is 276. The SMILES string of the molecule is COCC(C)NC(=O)CN1CCCN(CCCN)CC1. The van der Waals surface area contributed by atoms with Crippen molar-refractivity contribution in [2.75, 3.05) is 59.5 Å². The van der Waals surface area contributed by atoms with Crippen molar-refractivity contribution in [3.63, 3.8) is 0 Å². The number of nitrogens with two attached hydrogens (primary N) is 1. The number of amides is 1. The number of rotatable bonds is 8. The third-order valence-corrected chi connectivity index (χ3v) is 3.55. The van der Waals surface area contributed by atoms with Gasteiger partial charge in [-0.25, -0.2) is 0 Å². The molecule has 0 aliphatic carbocycles. The monoisotopic (exact) mass is 286 g/mol. The Balaban J connectivity index is 2.25. The minimum Gasteiger partial charge on any atom is -0.383 e. The van der Waals surface area contributed by atoms with Crippen LogP contribution in [0.3, 0.4) is 0 Å². The van der Waals surface area contributed by atoms with Gasteiger partial charge in [0.25, 0.3) is 0 Å². The Morgan fingerprint density at radius 1 is 1.30 bits per heavy atom. The standard InChI is InChI=1S/C14H30N4O2/c1-13(12-20-2)16-14(19)11-18-8-4-7-17(9-10-18)6-3-5-15/h13H,3-12,15H2,1-2H3,(H,16,19). The average molecular weight is 286 g/mol. The number of hydrogen-bond acceptors (Lipinski definition) is 5. The molecule has 6 heteroatoms. The first-order valence-electron chi connectivity index (χ1n) is 7.58. The van der Waals surface area contributed by atoms with Crippen LogP contribution in [-0.4, -0.2) is 81.3 Å². The molecule has 20 heavy (non-hydrogen) atoms. The molecular weight excluding hydrogens is 256 g/mol. The maximum Gasteiger partial charge on any atom is 0.234 e. The van der Waals surface area contributed by atoms with Crippen molar-refractivity contribution in [2.45, 2.75) is 25.8 Å². The van der Waals surface area contributed by atoms with Gasteiger partial charge in [-0.2, -0.15) is 0 Å². The van der Waals surface area contributed by atoms with Gasteiger partial charge in [-0.1, -0.05) is 0 Å². The van der Waals surface area contributed by atoms with Crippen LogP contribution in [0.1, 0.15) is 19.8 Å². The number of nitrogens with zero attached hydrogens (tertiary/aromatic N) is 2. The van der Waals surface area contributed by atoms with Gasteiger partial charge in [-0.05, 0) is 45.9 Å². The van der Waals surface area contributed by atoms with Crippen LogP contribution in [0, 0.1) is 0 Å². The van der Waals surface area contributed by atoms with Crippen molar-refractivity contribution < 1.29 is 9.53 Å². The topological polar surface area (TPSA) is 70.8 Å². The Labute approximate surface area is 122 Å². The zero-order valence-corrected chi connectivity index (χ0v) is 12.9. The first kappa shape index (κ1) is 17.4. The zero-order valence-electron chi connectivity index (χ0n) is 12.9. The normalized spacial score (nSPS) is 19.6. The van der Waals surface area contributed by atoms with Crippen molar-refractivity contribution in [1.82, 2.24) is 15.1 Å². The third kappa shape index (κ3) is 7.19. The van der Waals surface area contributed by atoms with E-state index in [1.165, 1.54) is 0 Å². The van der Waals surface area contributed by atoms with Gasteiger partial charge in [0.15, 0.2) is 0 Å². The van der Waals surface area contributed by atoms with Gasteiger partial charge in [-0.3, -0.25) is 9.69 Å². The molecule has 118 valence electrons. The van der Waals surface area contributed by atoms with Crippen molar-refractivity contribution in [2.24, 2.45) is 5.73 Å². The lowest BCUT2D eigenvalue weighted by atomic mass is 10.3. The smallest absolute Gasteiger partial charge is 0.234 e. The lowest BCUT2D eigenvalue weighted by Gasteiger charge is -2.22. The van der Waals surface area contributed by atoms with Crippen molar-refractivity contribution in [1.29, 1.82) is 0 Å². The first-order chi connectivity index (χ1) is 9.65. The highest BCUT2D eigenvalue weighted by Crippen LogP contribution is 2.03. The van der Waals surface area contributed by atoms with Crippen molar-refractivity contribution >= 4 is 5.91 Å². The molecule has 1 aliphatic rings. The molecule has 0 radical (unpaired) electrons. The van der Waals surface area contributed by atoms with Crippen LogP contribution in [0.5, 0.6) is 0 Å². The first-order valence-corrected chi connectivity index (χ1v) is 7.58. The highest BCUT2D eigenvalue weighted by atomic mass is 16.5. The van der Waals surface area contributed by atoms with E-state index in [4.69, 9.17) is 10.5 Å². The molecule has 1 heterocycles. The second kappa shape index (κ2) is 10.1. The molecule has 1 saturated heterocycles. The number of ether oxygens (including phenoxy) is 1. The molecule has 0 aromatic rings. The summed E-state index contributed by atoms with van der Waals surface area (Å²) >= 11 is 0. The fourth-order valence-electron chi connectivity index (χ4n) is 2.54. The van der Waals surface area contributed by atoms with Crippen LogP contribution in [0.2, 0.25) is 0 Å². The minimum atomic E-state index is 0.0699. The molecule has 0 saturated carbocycles. The molecule has 1 atom stereocenters. The molecule has 1 aliphatic heterocycles. The Morgan fingerprint density at radius 3 is 2.70 bits per heavy atom. The second-order valence-electron chi connectivity index (χ2n) is 5.54. The van der Waals surface area contributed by atoms with Crippen LogP contribution in [0.25, 0.3) is 0 Å². The molecule has 0 aromatic heterocycles. The summed E-state index contributed by atoms with van der Waals surface area (Å²) in [5.41, 5.74) is 5.55. The van der Waals surface area contributed by atoms with Gasteiger partial charge in [0.1, 0.15) is 0 Å². The van der Waals surface area contributed by atoms with E-state index < -0.39 is 0 Å². The molecule has 6 nitrogen and oxygen atoms in total. The number of carbonyl (C=O) groups excluding carboxylic acids is 1. The van der Waals surface area contributed by atoms with E-state index in [1.807, 2.05) is 6.92 Å². The number of methoxy groups -OCH3 is 1. The summed E-state index contributed by atoms with van der Waals surface area (Å²) in [6, 6.07) is 0.0699. The van der Waals surface area contributed by atoms with E-state index in [2.05, 4.69) is 15.1 Å². The van der Waals surface area contributed by atoms with Crippen molar-refractivity contribution in [3.05, 3.63) is 0 Å². The van der Waals surface area contributed by atoms with Crippen LogP contribution >= 0.6 is 0 Å². The molecule has 1 fully saturated rings. The van der Waals surface area contributed by atoms with E-state index in [9.17, 15) is 4.79 Å². The number of nitrogens with one attached hydrogen (secondary N) is 1. The lowest BCUT2D eigenvalue weighted by Crippen LogP contribution is -2.43. The molecule has 1 rings (SSSR count). The quantitative estimate of drug-likeness (QED) is 0.629. The second-order valence-corrected chi connectivity index (χ2v) is 5.54. The largest absolute Gasteiger partial charge is 0.383 e. The number of hydrogen-bond donors (Lipinski definition) is 2. The van der Waals surface area contributed by atoms with Gasteiger partial charge in [0.05, 0.1) is 13.2 Å². The summed E-state index contributed by atoms with van der Waals surface area (Å²) in [6.45, 7) is 8.90. The van der Waals surface area contributed by atoms with Crippen LogP contribution in [-0.2, 0) is 9.53 Å². The minimum absolute atomic E-state index is 0.0699. The van der Waals surface area contributed by atoms with E-state index in [-0.39, 0.29) is 11.9 Å². The van der Waals surface area contributed by atoms with Gasteiger partial charge in [-0.15, -0.1) is 0 Å². The zero-order chi connectivity index (χ0) is 14.8. The van der Waals surface area contributed by atoms with E-state index in [1.54, 1.807) is 7.11 Å².